The molecule has 2 aromatic rings. The lowest BCUT2D eigenvalue weighted by atomic mass is 10.2. The molecular formula is C19H22ClN3O2S. The van der Waals surface area contributed by atoms with E-state index in [4.69, 9.17) is 33.3 Å². The maximum atomic E-state index is 6.20. The number of methoxy groups -OCH3 is 2. The Hall–Kier alpha value is -2.18. The number of halogens is 1. The third-order valence-electron chi connectivity index (χ3n) is 4.41. The summed E-state index contributed by atoms with van der Waals surface area (Å²) >= 11 is 11.7. The summed E-state index contributed by atoms with van der Waals surface area (Å²) in [5.41, 5.74) is 1.90. The van der Waals surface area contributed by atoms with Crippen molar-refractivity contribution in [3.8, 4) is 11.5 Å². The van der Waals surface area contributed by atoms with Gasteiger partial charge < -0.3 is 24.6 Å². The molecule has 5 nitrogen and oxygen atoms in total. The number of benzene rings is 2. The molecule has 0 spiro atoms. The molecule has 0 atom stereocenters. The highest BCUT2D eigenvalue weighted by atomic mass is 35.5. The maximum absolute atomic E-state index is 6.20. The van der Waals surface area contributed by atoms with E-state index in [-0.39, 0.29) is 0 Å². The van der Waals surface area contributed by atoms with Gasteiger partial charge in [-0.3, -0.25) is 0 Å². The number of hydrogen-bond acceptors (Lipinski definition) is 4. The summed E-state index contributed by atoms with van der Waals surface area (Å²) in [6.07, 6.45) is 0. The van der Waals surface area contributed by atoms with Crippen molar-refractivity contribution in [1.29, 1.82) is 0 Å². The number of anilines is 2. The molecule has 1 saturated heterocycles. The highest BCUT2D eigenvalue weighted by molar-refractivity contribution is 7.80. The quantitative estimate of drug-likeness (QED) is 0.797. The van der Waals surface area contributed by atoms with Crippen molar-refractivity contribution in [2.75, 3.05) is 50.6 Å². The molecule has 0 unspecified atom stereocenters. The Morgan fingerprint density at radius 2 is 1.77 bits per heavy atom. The van der Waals surface area contributed by atoms with E-state index >= 15 is 0 Å². The Morgan fingerprint density at radius 3 is 2.42 bits per heavy atom. The topological polar surface area (TPSA) is 37.0 Å². The second-order valence-corrected chi connectivity index (χ2v) is 6.72. The summed E-state index contributed by atoms with van der Waals surface area (Å²) < 4.78 is 10.8. The number of hydrogen-bond donors (Lipinski definition) is 1. The van der Waals surface area contributed by atoms with Crippen LogP contribution in [0.3, 0.4) is 0 Å². The number of piperazine rings is 1. The van der Waals surface area contributed by atoms with Crippen LogP contribution in [0, 0.1) is 0 Å². The molecule has 0 aromatic heterocycles. The van der Waals surface area contributed by atoms with Crippen LogP contribution in [-0.4, -0.2) is 50.4 Å². The Labute approximate surface area is 164 Å². The second-order valence-electron chi connectivity index (χ2n) is 5.92. The molecule has 2 aromatic carbocycles. The molecule has 1 heterocycles. The molecule has 0 amide bonds. The summed E-state index contributed by atoms with van der Waals surface area (Å²) in [5.74, 6) is 1.60. The summed E-state index contributed by atoms with van der Waals surface area (Å²) in [7, 11) is 3.33. The Kier molecular flexibility index (Phi) is 6.06. The normalized spacial score (nSPS) is 14.1. The van der Waals surface area contributed by atoms with Crippen LogP contribution in [0.2, 0.25) is 5.02 Å². The van der Waals surface area contributed by atoms with Crippen molar-refractivity contribution in [1.82, 2.24) is 4.90 Å². The summed E-state index contributed by atoms with van der Waals surface area (Å²) in [6, 6.07) is 13.5. The minimum atomic E-state index is 0.663. The van der Waals surface area contributed by atoms with Gasteiger partial charge in [-0.1, -0.05) is 23.7 Å². The van der Waals surface area contributed by atoms with E-state index in [0.29, 0.717) is 10.1 Å². The molecule has 138 valence electrons. The van der Waals surface area contributed by atoms with E-state index in [1.807, 2.05) is 42.5 Å². The lowest BCUT2D eigenvalue weighted by Gasteiger charge is -2.38. The van der Waals surface area contributed by atoms with Crippen LogP contribution >= 0.6 is 23.8 Å². The van der Waals surface area contributed by atoms with Gasteiger partial charge in [0.2, 0.25) is 0 Å². The number of rotatable bonds is 4. The lowest BCUT2D eigenvalue weighted by molar-refractivity contribution is 0.377. The van der Waals surface area contributed by atoms with Gasteiger partial charge in [-0.15, -0.1) is 0 Å². The molecule has 1 N–H and O–H groups in total. The van der Waals surface area contributed by atoms with Crippen LogP contribution < -0.4 is 19.7 Å². The molecule has 1 aliphatic rings. The molecule has 0 aliphatic carbocycles. The van der Waals surface area contributed by atoms with Crippen molar-refractivity contribution in [2.24, 2.45) is 0 Å². The Morgan fingerprint density at radius 1 is 1.04 bits per heavy atom. The molecule has 1 fully saturated rings. The molecule has 26 heavy (non-hydrogen) atoms. The smallest absolute Gasteiger partial charge is 0.173 e. The van der Waals surface area contributed by atoms with Gasteiger partial charge >= 0.3 is 0 Å². The van der Waals surface area contributed by atoms with Crippen molar-refractivity contribution in [3.63, 3.8) is 0 Å². The minimum Gasteiger partial charge on any atom is -0.497 e. The average Bonchev–Trinajstić information content (AvgIpc) is 2.69. The van der Waals surface area contributed by atoms with Crippen molar-refractivity contribution in [3.05, 3.63) is 47.5 Å². The number of thiocarbonyl (C=S) groups is 1. The number of para-hydroxylation sites is 1. The SMILES string of the molecule is COc1ccc(N2CCN(C(=S)Nc3ccccc3Cl)CC2)c(OC)c1. The molecule has 0 bridgehead atoms. The van der Waals surface area contributed by atoms with Gasteiger partial charge in [0.1, 0.15) is 11.5 Å². The first kappa shape index (κ1) is 18.6. The monoisotopic (exact) mass is 391 g/mol. The van der Waals surface area contributed by atoms with Gasteiger partial charge in [-0.2, -0.15) is 0 Å². The fourth-order valence-electron chi connectivity index (χ4n) is 2.95. The summed E-state index contributed by atoms with van der Waals surface area (Å²) in [6.45, 7) is 3.36. The molecule has 0 radical (unpaired) electrons. The zero-order valence-corrected chi connectivity index (χ0v) is 16.4. The third kappa shape index (κ3) is 4.14. The van der Waals surface area contributed by atoms with E-state index in [2.05, 4.69) is 15.1 Å². The zero-order chi connectivity index (χ0) is 18.5. The molecule has 0 saturated carbocycles. The Balaban J connectivity index is 1.62. The predicted octanol–water partition coefficient (Wildman–Crippen LogP) is 3.88. The zero-order valence-electron chi connectivity index (χ0n) is 14.9. The fraction of sp³-hybridized carbons (Fsp3) is 0.316. The van der Waals surface area contributed by atoms with Gasteiger partial charge in [-0.05, 0) is 36.5 Å². The van der Waals surface area contributed by atoms with Crippen LogP contribution in [0.15, 0.2) is 42.5 Å². The van der Waals surface area contributed by atoms with E-state index < -0.39 is 0 Å². The van der Waals surface area contributed by atoms with Crippen LogP contribution in [0.4, 0.5) is 11.4 Å². The van der Waals surface area contributed by atoms with Crippen molar-refractivity contribution >= 4 is 40.3 Å². The van der Waals surface area contributed by atoms with E-state index in [1.54, 1.807) is 14.2 Å². The minimum absolute atomic E-state index is 0.663. The Bertz CT molecular complexity index is 779. The van der Waals surface area contributed by atoms with E-state index in [1.165, 1.54) is 0 Å². The highest BCUT2D eigenvalue weighted by Gasteiger charge is 2.22. The standard InChI is InChI=1S/C19H22ClN3O2S/c1-24-14-7-8-17(18(13-14)25-2)22-9-11-23(12-10-22)19(26)21-16-6-4-3-5-15(16)20/h3-8,13H,9-12H2,1-2H3,(H,21,26). The van der Waals surface area contributed by atoms with Gasteiger partial charge in [0, 0.05) is 32.2 Å². The number of nitrogens with one attached hydrogen (secondary N) is 1. The van der Waals surface area contributed by atoms with Gasteiger partial charge in [0.25, 0.3) is 0 Å². The van der Waals surface area contributed by atoms with Crippen LogP contribution in [-0.2, 0) is 0 Å². The van der Waals surface area contributed by atoms with E-state index in [0.717, 1.165) is 49.1 Å². The summed E-state index contributed by atoms with van der Waals surface area (Å²) in [5, 5.41) is 4.60. The van der Waals surface area contributed by atoms with Crippen LogP contribution in [0.5, 0.6) is 11.5 Å². The van der Waals surface area contributed by atoms with Crippen molar-refractivity contribution < 1.29 is 9.47 Å². The second kappa shape index (κ2) is 8.47. The van der Waals surface area contributed by atoms with Gasteiger partial charge in [-0.25, -0.2) is 0 Å². The lowest BCUT2D eigenvalue weighted by Crippen LogP contribution is -2.50. The van der Waals surface area contributed by atoms with E-state index in [9.17, 15) is 0 Å². The maximum Gasteiger partial charge on any atom is 0.173 e. The van der Waals surface area contributed by atoms with Gasteiger partial charge in [0.15, 0.2) is 5.11 Å². The first-order valence-corrected chi connectivity index (χ1v) is 9.18. The number of ether oxygens (including phenoxy) is 2. The fourth-order valence-corrected chi connectivity index (χ4v) is 3.43. The predicted molar refractivity (Wildman–Crippen MR) is 111 cm³/mol. The van der Waals surface area contributed by atoms with Crippen LogP contribution in [0.25, 0.3) is 0 Å². The number of nitrogens with zero attached hydrogens (tertiary/aromatic N) is 2. The van der Waals surface area contributed by atoms with Crippen molar-refractivity contribution in [2.45, 2.75) is 0 Å². The molecule has 7 heteroatoms. The molecular weight excluding hydrogens is 370 g/mol. The first-order chi connectivity index (χ1) is 12.6. The largest absolute Gasteiger partial charge is 0.497 e. The third-order valence-corrected chi connectivity index (χ3v) is 5.10. The summed E-state index contributed by atoms with van der Waals surface area (Å²) in [4.78, 5) is 4.46. The molecule has 3 rings (SSSR count). The van der Waals surface area contributed by atoms with Gasteiger partial charge in [0.05, 0.1) is 30.6 Å². The first-order valence-electron chi connectivity index (χ1n) is 8.40. The van der Waals surface area contributed by atoms with Crippen LogP contribution in [0.1, 0.15) is 0 Å². The average molecular weight is 392 g/mol. The highest BCUT2D eigenvalue weighted by Crippen LogP contribution is 2.32. The molecule has 1 aliphatic heterocycles.